The van der Waals surface area contributed by atoms with Gasteiger partial charge in [-0.15, -0.1) is 0 Å². The van der Waals surface area contributed by atoms with E-state index in [1.807, 2.05) is 13.8 Å². The highest BCUT2D eigenvalue weighted by Gasteiger charge is 2.36. The minimum atomic E-state index is -0.724. The van der Waals surface area contributed by atoms with Gasteiger partial charge >= 0.3 is 0 Å². The zero-order valence-electron chi connectivity index (χ0n) is 11.6. The molecule has 106 valence electrons. The first-order chi connectivity index (χ1) is 8.47. The van der Waals surface area contributed by atoms with Crippen LogP contribution in [0.15, 0.2) is 0 Å². The zero-order valence-corrected chi connectivity index (χ0v) is 11.6. The minimum Gasteiger partial charge on any atom is -0.390 e. The number of hydrogen-bond donors (Lipinski definition) is 2. The quantitative estimate of drug-likeness (QED) is 0.788. The lowest BCUT2D eigenvalue weighted by Gasteiger charge is -2.36. The molecule has 0 spiro atoms. The molecule has 2 aliphatic rings. The molecule has 0 aromatic heterocycles. The average Bonchev–Trinajstić information content (AvgIpc) is 3.00. The van der Waals surface area contributed by atoms with Crippen LogP contribution in [0.5, 0.6) is 0 Å². The maximum atomic E-state index is 9.83. The lowest BCUT2D eigenvalue weighted by Crippen LogP contribution is -2.48. The van der Waals surface area contributed by atoms with E-state index < -0.39 is 18.5 Å². The molecule has 0 radical (unpaired) electrons. The summed E-state index contributed by atoms with van der Waals surface area (Å²) >= 11 is 0. The van der Waals surface area contributed by atoms with Gasteiger partial charge in [0.15, 0.2) is 6.29 Å². The Morgan fingerprint density at radius 1 is 1.22 bits per heavy atom. The van der Waals surface area contributed by atoms with Crippen molar-refractivity contribution in [1.82, 2.24) is 0 Å². The standard InChI is InChI=1S/C14H26O4/c1-8-6-11(8)5-4-9(2)17-14-13(16)7-12(15)10(3)18-14/h8-16H,4-7H2,1-3H3/t8?,9-,10+,11-,12?,13-,14?/m1/s1. The number of hydrogen-bond acceptors (Lipinski definition) is 4. The molecular formula is C14H26O4. The van der Waals surface area contributed by atoms with Crippen LogP contribution >= 0.6 is 0 Å². The average molecular weight is 258 g/mol. The summed E-state index contributed by atoms with van der Waals surface area (Å²) < 4.78 is 11.3. The molecule has 0 aromatic carbocycles. The highest BCUT2D eigenvalue weighted by atomic mass is 16.7. The van der Waals surface area contributed by atoms with Crippen molar-refractivity contribution in [2.45, 2.75) is 77.2 Å². The predicted molar refractivity (Wildman–Crippen MR) is 68.0 cm³/mol. The molecule has 1 aliphatic heterocycles. The Balaban J connectivity index is 1.70. The van der Waals surface area contributed by atoms with Crippen molar-refractivity contribution in [2.24, 2.45) is 11.8 Å². The molecule has 0 bridgehead atoms. The van der Waals surface area contributed by atoms with Crippen LogP contribution in [-0.4, -0.2) is 40.9 Å². The first-order valence-electron chi connectivity index (χ1n) is 7.14. The molecule has 1 saturated carbocycles. The van der Waals surface area contributed by atoms with Gasteiger partial charge in [-0.25, -0.2) is 0 Å². The van der Waals surface area contributed by atoms with Gasteiger partial charge in [0.25, 0.3) is 0 Å². The lowest BCUT2D eigenvalue weighted by molar-refractivity contribution is -0.273. The fourth-order valence-electron chi connectivity index (χ4n) is 2.61. The van der Waals surface area contributed by atoms with E-state index in [-0.39, 0.29) is 12.2 Å². The minimum absolute atomic E-state index is 0.0971. The van der Waals surface area contributed by atoms with E-state index in [9.17, 15) is 10.2 Å². The van der Waals surface area contributed by atoms with Crippen LogP contribution in [-0.2, 0) is 9.47 Å². The molecule has 0 aromatic rings. The van der Waals surface area contributed by atoms with E-state index in [0.717, 1.165) is 18.3 Å². The van der Waals surface area contributed by atoms with Crippen LogP contribution in [0, 0.1) is 11.8 Å². The van der Waals surface area contributed by atoms with E-state index in [0.29, 0.717) is 6.42 Å². The van der Waals surface area contributed by atoms with Gasteiger partial charge in [0, 0.05) is 6.42 Å². The Morgan fingerprint density at radius 2 is 1.89 bits per heavy atom. The summed E-state index contributed by atoms with van der Waals surface area (Å²) in [5.41, 5.74) is 0. The van der Waals surface area contributed by atoms with Gasteiger partial charge in [-0.2, -0.15) is 0 Å². The second-order valence-corrected chi connectivity index (χ2v) is 6.08. The molecular weight excluding hydrogens is 232 g/mol. The first kappa shape index (κ1) is 14.3. The molecule has 0 amide bonds. The smallest absolute Gasteiger partial charge is 0.184 e. The topological polar surface area (TPSA) is 58.9 Å². The van der Waals surface area contributed by atoms with Crippen LogP contribution < -0.4 is 0 Å². The highest BCUT2D eigenvalue weighted by Crippen LogP contribution is 2.41. The molecule has 2 N–H and O–H groups in total. The third-order valence-corrected chi connectivity index (χ3v) is 4.27. The van der Waals surface area contributed by atoms with E-state index in [1.165, 1.54) is 12.8 Å². The van der Waals surface area contributed by atoms with Gasteiger partial charge in [0.1, 0.15) is 6.10 Å². The van der Waals surface area contributed by atoms with Gasteiger partial charge in [-0.3, -0.25) is 0 Å². The Morgan fingerprint density at radius 3 is 2.50 bits per heavy atom. The van der Waals surface area contributed by atoms with Crippen molar-refractivity contribution in [1.29, 1.82) is 0 Å². The highest BCUT2D eigenvalue weighted by molar-refractivity contribution is 4.83. The van der Waals surface area contributed by atoms with E-state index >= 15 is 0 Å². The molecule has 1 heterocycles. The van der Waals surface area contributed by atoms with E-state index in [2.05, 4.69) is 6.92 Å². The Bertz CT molecular complexity index is 271. The van der Waals surface area contributed by atoms with Crippen LogP contribution in [0.2, 0.25) is 0 Å². The molecule has 1 aliphatic carbocycles. The van der Waals surface area contributed by atoms with Crippen molar-refractivity contribution in [3.63, 3.8) is 0 Å². The monoisotopic (exact) mass is 258 g/mol. The molecule has 2 fully saturated rings. The second kappa shape index (κ2) is 5.87. The summed E-state index contributed by atoms with van der Waals surface area (Å²) in [6.45, 7) is 6.12. The van der Waals surface area contributed by atoms with Gasteiger partial charge in [0.2, 0.25) is 0 Å². The number of aliphatic hydroxyl groups excluding tert-OH is 2. The summed E-state index contributed by atoms with van der Waals surface area (Å²) in [6.07, 6.45) is 1.81. The largest absolute Gasteiger partial charge is 0.390 e. The third kappa shape index (κ3) is 3.67. The van der Waals surface area contributed by atoms with Gasteiger partial charge < -0.3 is 19.7 Å². The zero-order chi connectivity index (χ0) is 13.3. The maximum Gasteiger partial charge on any atom is 0.184 e. The Labute approximate surface area is 109 Å². The Hall–Kier alpha value is -0.160. The van der Waals surface area contributed by atoms with Crippen molar-refractivity contribution in [3.05, 3.63) is 0 Å². The lowest BCUT2D eigenvalue weighted by atomic mass is 10.0. The molecule has 1 saturated heterocycles. The third-order valence-electron chi connectivity index (χ3n) is 4.27. The molecule has 4 heteroatoms. The summed E-state index contributed by atoms with van der Waals surface area (Å²) in [5.74, 6) is 1.75. The molecule has 4 nitrogen and oxygen atoms in total. The summed E-state index contributed by atoms with van der Waals surface area (Å²) in [4.78, 5) is 0. The van der Waals surface area contributed by atoms with Crippen molar-refractivity contribution in [2.75, 3.05) is 0 Å². The second-order valence-electron chi connectivity index (χ2n) is 6.08. The predicted octanol–water partition coefficient (Wildman–Crippen LogP) is 1.68. The molecule has 3 unspecified atom stereocenters. The number of rotatable bonds is 5. The molecule has 7 atom stereocenters. The van der Waals surface area contributed by atoms with Gasteiger partial charge in [0.05, 0.1) is 18.3 Å². The van der Waals surface area contributed by atoms with E-state index in [1.54, 1.807) is 0 Å². The number of ether oxygens (including phenoxy) is 2. The van der Waals surface area contributed by atoms with E-state index in [4.69, 9.17) is 9.47 Å². The normalized spacial score (nSPS) is 45.8. The molecule has 18 heavy (non-hydrogen) atoms. The maximum absolute atomic E-state index is 9.83. The number of aliphatic hydroxyl groups is 2. The SMILES string of the molecule is CC1C[C@H]1CC[C@@H](C)OC1O[C@@H](C)C(O)C[C@H]1O. The van der Waals surface area contributed by atoms with Crippen LogP contribution in [0.25, 0.3) is 0 Å². The van der Waals surface area contributed by atoms with Crippen LogP contribution in [0.4, 0.5) is 0 Å². The fraction of sp³-hybridized carbons (Fsp3) is 1.00. The first-order valence-corrected chi connectivity index (χ1v) is 7.14. The van der Waals surface area contributed by atoms with Crippen LogP contribution in [0.1, 0.15) is 46.5 Å². The van der Waals surface area contributed by atoms with Gasteiger partial charge in [-0.1, -0.05) is 6.92 Å². The van der Waals surface area contributed by atoms with Gasteiger partial charge in [-0.05, 0) is 44.9 Å². The van der Waals surface area contributed by atoms with Crippen molar-refractivity contribution in [3.8, 4) is 0 Å². The Kier molecular flexibility index (Phi) is 4.64. The van der Waals surface area contributed by atoms with Crippen LogP contribution in [0.3, 0.4) is 0 Å². The van der Waals surface area contributed by atoms with Crippen molar-refractivity contribution < 1.29 is 19.7 Å². The summed E-state index contributed by atoms with van der Waals surface area (Å²) in [5, 5.41) is 19.4. The summed E-state index contributed by atoms with van der Waals surface area (Å²) in [7, 11) is 0. The molecule has 2 rings (SSSR count). The summed E-state index contributed by atoms with van der Waals surface area (Å²) in [6, 6.07) is 0. The van der Waals surface area contributed by atoms with Crippen molar-refractivity contribution >= 4 is 0 Å². The fourth-order valence-corrected chi connectivity index (χ4v) is 2.61.